The number of rotatable bonds is 7. The molecule has 1 aliphatic heterocycles. The average Bonchev–Trinajstić information content (AvgIpc) is 3.30. The molecular formula is C27H24FN3O2. The van der Waals surface area contributed by atoms with Crippen LogP contribution in [0.3, 0.4) is 0 Å². The zero-order valence-electron chi connectivity index (χ0n) is 18.2. The smallest absolute Gasteiger partial charge is 0.252 e. The predicted octanol–water partition coefficient (Wildman–Crippen LogP) is 3.93. The molecule has 0 bridgehead atoms. The standard InChI is InChI=1S/C27H24FN3O2/c1-27(26(29)33,16-18-7-3-2-4-8-18)31-25(32)23-10-6-5-9-22(23)24-15-20(17-30-24)19-11-13-21(28)14-12-19/h2-15H,16-17H2,1H3,(H2,29,33)(H,31,32). The Morgan fingerprint density at radius 1 is 1.00 bits per heavy atom. The van der Waals surface area contributed by atoms with Crippen LogP contribution in [0.2, 0.25) is 0 Å². The summed E-state index contributed by atoms with van der Waals surface area (Å²) in [5.41, 5.74) is 8.82. The number of hydrogen-bond acceptors (Lipinski definition) is 3. The van der Waals surface area contributed by atoms with Crippen molar-refractivity contribution in [2.75, 3.05) is 6.54 Å². The molecule has 1 aliphatic rings. The molecule has 2 amide bonds. The minimum atomic E-state index is -1.27. The SMILES string of the molecule is CC(Cc1ccccc1)(NC(=O)c1ccccc1C1=NCC(c2ccc(F)cc2)=C1)C(N)=O. The Labute approximate surface area is 191 Å². The van der Waals surface area contributed by atoms with Gasteiger partial charge in [0.15, 0.2) is 0 Å². The quantitative estimate of drug-likeness (QED) is 0.582. The zero-order chi connectivity index (χ0) is 23.4. The molecule has 0 aliphatic carbocycles. The molecule has 5 nitrogen and oxygen atoms in total. The number of carbonyl (C=O) groups excluding carboxylic acids is 2. The molecule has 3 N–H and O–H groups in total. The van der Waals surface area contributed by atoms with Gasteiger partial charge in [0.05, 0.1) is 12.3 Å². The number of carbonyl (C=O) groups is 2. The van der Waals surface area contributed by atoms with Gasteiger partial charge in [-0.3, -0.25) is 14.6 Å². The minimum Gasteiger partial charge on any atom is -0.368 e. The van der Waals surface area contributed by atoms with Crippen molar-refractivity contribution in [1.82, 2.24) is 5.32 Å². The number of primary amides is 1. The predicted molar refractivity (Wildman–Crippen MR) is 127 cm³/mol. The van der Waals surface area contributed by atoms with Gasteiger partial charge in [0.1, 0.15) is 11.4 Å². The van der Waals surface area contributed by atoms with Crippen molar-refractivity contribution in [3.8, 4) is 0 Å². The molecule has 0 saturated heterocycles. The van der Waals surface area contributed by atoms with E-state index < -0.39 is 17.4 Å². The molecule has 4 rings (SSSR count). The number of nitrogens with two attached hydrogens (primary N) is 1. The second-order valence-electron chi connectivity index (χ2n) is 8.24. The van der Waals surface area contributed by atoms with Crippen molar-refractivity contribution < 1.29 is 14.0 Å². The van der Waals surface area contributed by atoms with Crippen LogP contribution in [0.1, 0.15) is 34.0 Å². The van der Waals surface area contributed by atoms with Crippen molar-refractivity contribution >= 4 is 23.1 Å². The first kappa shape index (κ1) is 22.1. The van der Waals surface area contributed by atoms with E-state index in [1.807, 2.05) is 48.5 Å². The number of allylic oxidation sites excluding steroid dienone is 1. The van der Waals surface area contributed by atoms with Gasteiger partial charge in [-0.25, -0.2) is 4.39 Å². The van der Waals surface area contributed by atoms with E-state index in [-0.39, 0.29) is 12.2 Å². The van der Waals surface area contributed by atoms with Gasteiger partial charge in [-0.15, -0.1) is 0 Å². The Morgan fingerprint density at radius 3 is 2.36 bits per heavy atom. The summed E-state index contributed by atoms with van der Waals surface area (Å²) in [4.78, 5) is 30.2. The van der Waals surface area contributed by atoms with E-state index in [2.05, 4.69) is 10.3 Å². The van der Waals surface area contributed by atoms with Crippen LogP contribution >= 0.6 is 0 Å². The summed E-state index contributed by atoms with van der Waals surface area (Å²) in [5, 5.41) is 2.84. The minimum absolute atomic E-state index is 0.270. The number of halogens is 1. The number of hydrogen-bond donors (Lipinski definition) is 2. The number of benzene rings is 3. The molecule has 0 saturated carbocycles. The molecule has 0 radical (unpaired) electrons. The maximum Gasteiger partial charge on any atom is 0.252 e. The zero-order valence-corrected chi connectivity index (χ0v) is 18.2. The number of aliphatic imine (C=N–C) groups is 1. The van der Waals surface area contributed by atoms with E-state index in [9.17, 15) is 14.0 Å². The number of nitrogens with zero attached hydrogens (tertiary/aromatic N) is 1. The van der Waals surface area contributed by atoms with Crippen molar-refractivity contribution in [2.45, 2.75) is 18.9 Å². The largest absolute Gasteiger partial charge is 0.368 e. The summed E-state index contributed by atoms with van der Waals surface area (Å²) < 4.78 is 13.3. The van der Waals surface area contributed by atoms with Gasteiger partial charge in [-0.1, -0.05) is 60.7 Å². The first-order valence-corrected chi connectivity index (χ1v) is 10.6. The lowest BCUT2D eigenvalue weighted by Crippen LogP contribution is -2.57. The van der Waals surface area contributed by atoms with E-state index in [4.69, 9.17) is 5.73 Å². The van der Waals surface area contributed by atoms with Crippen molar-refractivity contribution in [2.24, 2.45) is 10.7 Å². The maximum absolute atomic E-state index is 13.3. The van der Waals surface area contributed by atoms with Gasteiger partial charge in [-0.05, 0) is 47.9 Å². The van der Waals surface area contributed by atoms with Gasteiger partial charge in [-0.2, -0.15) is 0 Å². The second kappa shape index (κ2) is 9.20. The lowest BCUT2D eigenvalue weighted by atomic mass is 9.91. The highest BCUT2D eigenvalue weighted by molar-refractivity contribution is 6.19. The Morgan fingerprint density at radius 2 is 1.67 bits per heavy atom. The maximum atomic E-state index is 13.3. The van der Waals surface area contributed by atoms with Crippen LogP contribution in [0.4, 0.5) is 4.39 Å². The van der Waals surface area contributed by atoms with Crippen LogP contribution in [0.5, 0.6) is 0 Å². The van der Waals surface area contributed by atoms with Crippen LogP contribution in [0, 0.1) is 5.82 Å². The molecule has 0 spiro atoms. The Bertz CT molecular complexity index is 1250. The van der Waals surface area contributed by atoms with Crippen LogP contribution in [-0.4, -0.2) is 29.6 Å². The summed E-state index contributed by atoms with van der Waals surface area (Å²) in [5.74, 6) is -1.32. The summed E-state index contributed by atoms with van der Waals surface area (Å²) in [7, 11) is 0. The first-order chi connectivity index (χ1) is 15.9. The molecule has 166 valence electrons. The molecule has 6 heteroatoms. The van der Waals surface area contributed by atoms with E-state index in [0.29, 0.717) is 23.4 Å². The van der Waals surface area contributed by atoms with Gasteiger partial charge in [0.25, 0.3) is 5.91 Å². The number of amides is 2. The third kappa shape index (κ3) is 4.90. The van der Waals surface area contributed by atoms with Gasteiger partial charge in [0.2, 0.25) is 5.91 Å². The summed E-state index contributed by atoms with van der Waals surface area (Å²) in [6.07, 6.45) is 2.17. The third-order valence-corrected chi connectivity index (χ3v) is 5.73. The summed E-state index contributed by atoms with van der Waals surface area (Å²) in [6.45, 7) is 2.06. The molecule has 3 aromatic rings. The first-order valence-electron chi connectivity index (χ1n) is 10.6. The van der Waals surface area contributed by atoms with E-state index >= 15 is 0 Å². The van der Waals surface area contributed by atoms with E-state index in [1.54, 1.807) is 31.2 Å². The molecule has 1 atom stereocenters. The summed E-state index contributed by atoms with van der Waals surface area (Å²) >= 11 is 0. The van der Waals surface area contributed by atoms with Crippen LogP contribution in [0.15, 0.2) is 89.9 Å². The van der Waals surface area contributed by atoms with Crippen LogP contribution in [0.25, 0.3) is 5.57 Å². The lowest BCUT2D eigenvalue weighted by molar-refractivity contribution is -0.123. The third-order valence-electron chi connectivity index (χ3n) is 5.73. The molecule has 3 aromatic carbocycles. The van der Waals surface area contributed by atoms with Gasteiger partial charge >= 0.3 is 0 Å². The van der Waals surface area contributed by atoms with Crippen molar-refractivity contribution in [1.29, 1.82) is 0 Å². The van der Waals surface area contributed by atoms with Crippen LogP contribution in [-0.2, 0) is 11.2 Å². The van der Waals surface area contributed by atoms with E-state index in [1.165, 1.54) is 12.1 Å². The Balaban J connectivity index is 1.60. The molecule has 0 aromatic heterocycles. The molecular weight excluding hydrogens is 417 g/mol. The molecule has 33 heavy (non-hydrogen) atoms. The van der Waals surface area contributed by atoms with Crippen LogP contribution < -0.4 is 11.1 Å². The van der Waals surface area contributed by atoms with E-state index in [0.717, 1.165) is 16.7 Å². The summed E-state index contributed by atoms with van der Waals surface area (Å²) in [6, 6.07) is 22.7. The number of nitrogens with one attached hydrogen (secondary N) is 1. The van der Waals surface area contributed by atoms with Gasteiger partial charge < -0.3 is 11.1 Å². The highest BCUT2D eigenvalue weighted by atomic mass is 19.1. The molecule has 0 fully saturated rings. The van der Waals surface area contributed by atoms with Gasteiger partial charge in [0, 0.05) is 17.5 Å². The fourth-order valence-electron chi connectivity index (χ4n) is 3.85. The average molecular weight is 442 g/mol. The Hall–Kier alpha value is -4.06. The second-order valence-corrected chi connectivity index (χ2v) is 8.24. The van der Waals surface area contributed by atoms with Crippen molar-refractivity contribution in [3.05, 3.63) is 113 Å². The highest BCUT2D eigenvalue weighted by Crippen LogP contribution is 2.24. The van der Waals surface area contributed by atoms with Crippen molar-refractivity contribution in [3.63, 3.8) is 0 Å². The fraction of sp³-hybridized carbons (Fsp3) is 0.148. The topological polar surface area (TPSA) is 84.6 Å². The molecule has 1 unspecified atom stereocenters. The molecule has 1 heterocycles. The normalized spacial score (nSPS) is 14.7. The fourth-order valence-corrected chi connectivity index (χ4v) is 3.85. The lowest BCUT2D eigenvalue weighted by Gasteiger charge is -2.28. The Kier molecular flexibility index (Phi) is 6.18. The monoisotopic (exact) mass is 441 g/mol. The highest BCUT2D eigenvalue weighted by Gasteiger charge is 2.34.